The topological polar surface area (TPSA) is 36.4 Å². The Kier molecular flexibility index (Phi) is 4.18. The number of aryl methyl sites for hydroxylation is 1. The van der Waals surface area contributed by atoms with Gasteiger partial charge in [0.2, 0.25) is 0 Å². The molecule has 0 spiro atoms. The van der Waals surface area contributed by atoms with Gasteiger partial charge in [0.15, 0.2) is 0 Å². The molecule has 4 rings (SSSR count). The lowest BCUT2D eigenvalue weighted by molar-refractivity contribution is 0.280. The third-order valence-corrected chi connectivity index (χ3v) is 5.22. The van der Waals surface area contributed by atoms with Gasteiger partial charge in [-0.1, -0.05) is 30.3 Å². The lowest BCUT2D eigenvalue weighted by Crippen LogP contribution is -2.31. The highest BCUT2D eigenvalue weighted by molar-refractivity contribution is 5.80. The van der Waals surface area contributed by atoms with Crippen LogP contribution < -0.4 is 0 Å². The molecule has 1 aliphatic rings. The molecule has 0 saturated carbocycles. The molecule has 0 bridgehead atoms. The van der Waals surface area contributed by atoms with Crippen LogP contribution in [0.5, 0.6) is 5.75 Å². The van der Waals surface area contributed by atoms with Crippen LogP contribution in [-0.4, -0.2) is 35.6 Å². The van der Waals surface area contributed by atoms with Crippen LogP contribution in [0.15, 0.2) is 54.6 Å². The molecule has 0 amide bonds. The highest BCUT2D eigenvalue weighted by atomic mass is 16.3. The first-order valence-corrected chi connectivity index (χ1v) is 8.94. The number of aromatic hydroxyl groups is 1. The average Bonchev–Trinajstić information content (AvgIpc) is 2.59. The van der Waals surface area contributed by atoms with Crippen LogP contribution in [0.2, 0.25) is 0 Å². The first-order chi connectivity index (χ1) is 12.1. The first-order valence-electron chi connectivity index (χ1n) is 8.94. The SMILES string of the molecule is CN(C)CC1CCc2nc3ccccc3cc2C1c1cccc(O)c1. The summed E-state index contributed by atoms with van der Waals surface area (Å²) in [7, 11) is 4.27. The van der Waals surface area contributed by atoms with Gasteiger partial charge in [-0.25, -0.2) is 0 Å². The van der Waals surface area contributed by atoms with Crippen molar-refractivity contribution in [2.45, 2.75) is 18.8 Å². The van der Waals surface area contributed by atoms with Crippen molar-refractivity contribution in [3.05, 3.63) is 71.4 Å². The molecule has 2 unspecified atom stereocenters. The molecule has 1 N–H and O–H groups in total. The monoisotopic (exact) mass is 332 g/mol. The molecule has 2 aromatic carbocycles. The van der Waals surface area contributed by atoms with Crippen LogP contribution in [0.4, 0.5) is 0 Å². The van der Waals surface area contributed by atoms with Crippen molar-refractivity contribution in [3.63, 3.8) is 0 Å². The maximum atomic E-state index is 10.0. The van der Waals surface area contributed by atoms with Gasteiger partial charge in [0.25, 0.3) is 0 Å². The summed E-state index contributed by atoms with van der Waals surface area (Å²) in [5.41, 5.74) is 4.79. The fourth-order valence-electron chi connectivity index (χ4n) is 4.22. The van der Waals surface area contributed by atoms with Crippen LogP contribution in [0.25, 0.3) is 10.9 Å². The minimum Gasteiger partial charge on any atom is -0.508 e. The van der Waals surface area contributed by atoms with Crippen LogP contribution in [0.3, 0.4) is 0 Å². The number of phenolic OH excluding ortho intramolecular Hbond substituents is 1. The highest BCUT2D eigenvalue weighted by Crippen LogP contribution is 2.42. The first kappa shape index (κ1) is 16.1. The second-order valence-electron chi connectivity index (χ2n) is 7.35. The molecule has 0 fully saturated rings. The smallest absolute Gasteiger partial charge is 0.115 e. The molecule has 0 radical (unpaired) electrons. The van der Waals surface area contributed by atoms with Gasteiger partial charge in [-0.2, -0.15) is 0 Å². The zero-order valence-electron chi connectivity index (χ0n) is 14.8. The van der Waals surface area contributed by atoms with Crippen LogP contribution in [0, 0.1) is 5.92 Å². The Hall–Kier alpha value is -2.39. The van der Waals surface area contributed by atoms with Gasteiger partial charge in [0.05, 0.1) is 5.52 Å². The van der Waals surface area contributed by atoms with Crippen molar-refractivity contribution in [1.29, 1.82) is 0 Å². The summed E-state index contributed by atoms with van der Waals surface area (Å²) in [5.74, 6) is 1.13. The molecule has 2 atom stereocenters. The predicted octanol–water partition coefficient (Wildman–Crippen LogP) is 4.20. The number of hydrogen-bond acceptors (Lipinski definition) is 3. The summed E-state index contributed by atoms with van der Waals surface area (Å²) in [6, 6.07) is 18.4. The number of rotatable bonds is 3. The molecule has 3 heteroatoms. The Bertz CT molecular complexity index is 903. The average molecular weight is 332 g/mol. The van der Waals surface area contributed by atoms with Crippen molar-refractivity contribution in [2.75, 3.05) is 20.6 Å². The number of nitrogens with zero attached hydrogens (tertiary/aromatic N) is 2. The lowest BCUT2D eigenvalue weighted by Gasteiger charge is -2.35. The van der Waals surface area contributed by atoms with E-state index in [1.165, 1.54) is 22.2 Å². The fourth-order valence-corrected chi connectivity index (χ4v) is 4.22. The summed E-state index contributed by atoms with van der Waals surface area (Å²) in [5, 5.41) is 11.2. The summed E-state index contributed by atoms with van der Waals surface area (Å²) in [4.78, 5) is 7.22. The van der Waals surface area contributed by atoms with E-state index >= 15 is 0 Å². The van der Waals surface area contributed by atoms with Gasteiger partial charge < -0.3 is 10.0 Å². The summed E-state index contributed by atoms with van der Waals surface area (Å²) >= 11 is 0. The van der Waals surface area contributed by atoms with E-state index in [9.17, 15) is 5.11 Å². The molecule has 1 aromatic heterocycles. The number of hydrogen-bond donors (Lipinski definition) is 1. The molecular weight excluding hydrogens is 308 g/mol. The largest absolute Gasteiger partial charge is 0.508 e. The van der Waals surface area contributed by atoms with Crippen molar-refractivity contribution in [1.82, 2.24) is 9.88 Å². The van der Waals surface area contributed by atoms with Crippen molar-refractivity contribution in [3.8, 4) is 5.75 Å². The van der Waals surface area contributed by atoms with E-state index in [2.05, 4.69) is 49.3 Å². The molecule has 0 saturated heterocycles. The molecule has 1 aliphatic carbocycles. The maximum absolute atomic E-state index is 10.0. The number of fused-ring (bicyclic) bond motifs is 2. The van der Waals surface area contributed by atoms with E-state index in [1.54, 1.807) is 6.07 Å². The van der Waals surface area contributed by atoms with Gasteiger partial charge in [-0.05, 0) is 68.2 Å². The third-order valence-electron chi connectivity index (χ3n) is 5.22. The normalized spacial score (nSPS) is 20.0. The van der Waals surface area contributed by atoms with E-state index in [0.29, 0.717) is 11.7 Å². The highest BCUT2D eigenvalue weighted by Gasteiger charge is 2.32. The van der Waals surface area contributed by atoms with E-state index in [0.717, 1.165) is 24.9 Å². The third kappa shape index (κ3) is 3.12. The quantitative estimate of drug-likeness (QED) is 0.781. The second kappa shape index (κ2) is 6.49. The zero-order valence-corrected chi connectivity index (χ0v) is 14.8. The summed E-state index contributed by atoms with van der Waals surface area (Å²) in [6.07, 6.45) is 2.14. The van der Waals surface area contributed by atoms with Gasteiger partial charge in [0, 0.05) is 23.5 Å². The minimum atomic E-state index is 0.273. The Balaban J connectivity index is 1.88. The lowest BCUT2D eigenvalue weighted by atomic mass is 9.73. The molecule has 3 nitrogen and oxygen atoms in total. The van der Waals surface area contributed by atoms with E-state index in [4.69, 9.17) is 4.98 Å². The molecule has 3 aromatic rings. The molecule has 128 valence electrons. The van der Waals surface area contributed by atoms with E-state index in [-0.39, 0.29) is 5.92 Å². The molecule has 25 heavy (non-hydrogen) atoms. The fraction of sp³-hybridized carbons (Fsp3) is 0.318. The van der Waals surface area contributed by atoms with E-state index in [1.807, 2.05) is 18.2 Å². The number of phenols is 1. The summed E-state index contributed by atoms with van der Waals surface area (Å²) < 4.78 is 0. The number of pyridine rings is 1. The number of aromatic nitrogens is 1. The minimum absolute atomic E-state index is 0.273. The van der Waals surface area contributed by atoms with Crippen molar-refractivity contribution >= 4 is 10.9 Å². The Morgan fingerprint density at radius 1 is 1.08 bits per heavy atom. The number of para-hydroxylation sites is 1. The molecule has 1 heterocycles. The Morgan fingerprint density at radius 3 is 2.72 bits per heavy atom. The second-order valence-corrected chi connectivity index (χ2v) is 7.35. The van der Waals surface area contributed by atoms with Gasteiger partial charge in [-0.15, -0.1) is 0 Å². The molecular formula is C22H24N2O. The Labute approximate surface area is 148 Å². The zero-order chi connectivity index (χ0) is 17.4. The van der Waals surface area contributed by atoms with Gasteiger partial charge in [0.1, 0.15) is 5.75 Å². The van der Waals surface area contributed by atoms with Crippen molar-refractivity contribution < 1.29 is 5.11 Å². The van der Waals surface area contributed by atoms with E-state index < -0.39 is 0 Å². The van der Waals surface area contributed by atoms with Gasteiger partial charge in [-0.3, -0.25) is 4.98 Å². The van der Waals surface area contributed by atoms with Crippen LogP contribution >= 0.6 is 0 Å². The number of benzene rings is 2. The van der Waals surface area contributed by atoms with Crippen molar-refractivity contribution in [2.24, 2.45) is 5.92 Å². The standard InChI is InChI=1S/C22H24N2O/c1-24(2)14-17-10-11-21-19(13-15-6-3-4-9-20(15)23-21)22(17)16-7-5-8-18(25)12-16/h3-9,12-13,17,22,25H,10-11,14H2,1-2H3. The Morgan fingerprint density at radius 2 is 1.92 bits per heavy atom. The van der Waals surface area contributed by atoms with Crippen LogP contribution in [-0.2, 0) is 6.42 Å². The predicted molar refractivity (Wildman–Crippen MR) is 102 cm³/mol. The maximum Gasteiger partial charge on any atom is 0.115 e. The van der Waals surface area contributed by atoms with Gasteiger partial charge >= 0.3 is 0 Å². The van der Waals surface area contributed by atoms with Crippen LogP contribution in [0.1, 0.15) is 29.2 Å². The summed E-state index contributed by atoms with van der Waals surface area (Å²) in [6.45, 7) is 1.03. The molecule has 0 aliphatic heterocycles.